The van der Waals surface area contributed by atoms with Gasteiger partial charge < -0.3 is 15.1 Å². The van der Waals surface area contributed by atoms with E-state index < -0.39 is 0 Å². The molecule has 0 aromatic carbocycles. The average Bonchev–Trinajstić information content (AvgIpc) is 2.41. The van der Waals surface area contributed by atoms with Crippen LogP contribution in [0, 0.1) is 5.92 Å². The molecule has 106 valence electrons. The summed E-state index contributed by atoms with van der Waals surface area (Å²) in [6.07, 6.45) is 2.39. The predicted molar refractivity (Wildman–Crippen MR) is 74.0 cm³/mol. The molecular formula is C14H23N3O2. The van der Waals surface area contributed by atoms with Crippen LogP contribution in [0.5, 0.6) is 0 Å². The Morgan fingerprint density at radius 1 is 1.47 bits per heavy atom. The molecule has 1 aromatic heterocycles. The molecule has 5 nitrogen and oxygen atoms in total. The zero-order chi connectivity index (χ0) is 14.0. The Labute approximate surface area is 114 Å². The molecule has 0 radical (unpaired) electrons. The maximum absolute atomic E-state index is 9.97. The van der Waals surface area contributed by atoms with Crippen molar-refractivity contribution in [2.45, 2.75) is 45.8 Å². The number of hydrogen-bond donors (Lipinski definition) is 2. The van der Waals surface area contributed by atoms with E-state index in [1.807, 2.05) is 13.8 Å². The van der Waals surface area contributed by atoms with Crippen LogP contribution in [0.4, 0.5) is 5.69 Å². The molecule has 0 saturated carbocycles. The molecule has 0 amide bonds. The third-order valence-corrected chi connectivity index (χ3v) is 3.79. The van der Waals surface area contributed by atoms with Gasteiger partial charge in [0.2, 0.25) is 0 Å². The van der Waals surface area contributed by atoms with E-state index in [1.165, 1.54) is 0 Å². The second kappa shape index (κ2) is 5.84. The van der Waals surface area contributed by atoms with Gasteiger partial charge in [-0.05, 0) is 12.3 Å². The molecule has 19 heavy (non-hydrogen) atoms. The minimum Gasteiger partial charge on any atom is -0.391 e. The normalized spacial score (nSPS) is 24.0. The Balaban J connectivity index is 2.24. The second-order valence-corrected chi connectivity index (χ2v) is 5.65. The summed E-state index contributed by atoms with van der Waals surface area (Å²) in [6.45, 7) is 7.48. The van der Waals surface area contributed by atoms with Crippen LogP contribution in [-0.2, 0) is 6.61 Å². The first kappa shape index (κ1) is 14.2. The van der Waals surface area contributed by atoms with Crippen molar-refractivity contribution in [2.75, 3.05) is 18.0 Å². The number of rotatable bonds is 3. The average molecular weight is 265 g/mol. The van der Waals surface area contributed by atoms with E-state index in [9.17, 15) is 10.2 Å². The van der Waals surface area contributed by atoms with Crippen molar-refractivity contribution in [1.29, 1.82) is 0 Å². The van der Waals surface area contributed by atoms with E-state index in [-0.39, 0.29) is 18.6 Å². The molecule has 5 heteroatoms. The smallest absolute Gasteiger partial charge is 0.131 e. The van der Waals surface area contributed by atoms with Crippen molar-refractivity contribution >= 4 is 5.69 Å². The van der Waals surface area contributed by atoms with E-state index in [0.717, 1.165) is 24.5 Å². The lowest BCUT2D eigenvalue weighted by molar-refractivity contribution is 0.102. The number of nitrogens with zero attached hydrogens (tertiary/aromatic N) is 3. The van der Waals surface area contributed by atoms with E-state index in [2.05, 4.69) is 21.8 Å². The number of hydrogen-bond acceptors (Lipinski definition) is 5. The highest BCUT2D eigenvalue weighted by atomic mass is 16.3. The monoisotopic (exact) mass is 265 g/mol. The molecule has 1 aromatic rings. The zero-order valence-corrected chi connectivity index (χ0v) is 11.9. The Morgan fingerprint density at radius 2 is 2.21 bits per heavy atom. The number of anilines is 1. The lowest BCUT2D eigenvalue weighted by Gasteiger charge is -2.36. The fraction of sp³-hybridized carbons (Fsp3) is 0.714. The van der Waals surface area contributed by atoms with E-state index in [4.69, 9.17) is 0 Å². The highest BCUT2D eigenvalue weighted by Crippen LogP contribution is 2.26. The van der Waals surface area contributed by atoms with Gasteiger partial charge >= 0.3 is 0 Å². The SMILES string of the molecule is CC(C)c1ncc(N2CCC(C)C(O)C2)c(CO)n1. The number of aliphatic hydroxyl groups excluding tert-OH is 2. The molecule has 0 spiro atoms. The largest absolute Gasteiger partial charge is 0.391 e. The summed E-state index contributed by atoms with van der Waals surface area (Å²) >= 11 is 0. The summed E-state index contributed by atoms with van der Waals surface area (Å²) in [5, 5.41) is 19.5. The van der Waals surface area contributed by atoms with E-state index in [0.29, 0.717) is 18.2 Å². The number of β-amino-alcohol motifs (C(OH)–C–C–N with tert-alkyl or cyclic N) is 1. The molecular weight excluding hydrogens is 242 g/mol. The Kier molecular flexibility index (Phi) is 4.37. The maximum atomic E-state index is 9.97. The van der Waals surface area contributed by atoms with Crippen LogP contribution in [0.2, 0.25) is 0 Å². The fourth-order valence-corrected chi connectivity index (χ4v) is 2.35. The predicted octanol–water partition coefficient (Wildman–Crippen LogP) is 1.30. The van der Waals surface area contributed by atoms with Crippen molar-refractivity contribution in [3.05, 3.63) is 17.7 Å². The third kappa shape index (κ3) is 3.04. The van der Waals surface area contributed by atoms with Crippen LogP contribution >= 0.6 is 0 Å². The highest BCUT2D eigenvalue weighted by Gasteiger charge is 2.26. The third-order valence-electron chi connectivity index (χ3n) is 3.79. The van der Waals surface area contributed by atoms with Gasteiger partial charge in [-0.3, -0.25) is 0 Å². The Bertz CT molecular complexity index is 437. The van der Waals surface area contributed by atoms with Gasteiger partial charge in [0.05, 0.1) is 30.3 Å². The topological polar surface area (TPSA) is 69.5 Å². The molecule has 1 saturated heterocycles. The van der Waals surface area contributed by atoms with Gasteiger partial charge in [-0.2, -0.15) is 0 Å². The van der Waals surface area contributed by atoms with Crippen molar-refractivity contribution in [2.24, 2.45) is 5.92 Å². The molecule has 2 atom stereocenters. The summed E-state index contributed by atoms with van der Waals surface area (Å²) < 4.78 is 0. The van der Waals surface area contributed by atoms with Crippen molar-refractivity contribution < 1.29 is 10.2 Å². The van der Waals surface area contributed by atoms with Gasteiger partial charge in [-0.15, -0.1) is 0 Å². The summed E-state index contributed by atoms with van der Waals surface area (Å²) in [7, 11) is 0. The molecule has 2 heterocycles. The van der Waals surface area contributed by atoms with Crippen LogP contribution in [0.25, 0.3) is 0 Å². The molecule has 1 aliphatic rings. The van der Waals surface area contributed by atoms with Gasteiger partial charge in [0.1, 0.15) is 5.82 Å². The van der Waals surface area contributed by atoms with Crippen LogP contribution < -0.4 is 4.90 Å². The molecule has 0 aliphatic carbocycles. The van der Waals surface area contributed by atoms with Gasteiger partial charge in [-0.1, -0.05) is 20.8 Å². The number of piperidine rings is 1. The fourth-order valence-electron chi connectivity index (χ4n) is 2.35. The van der Waals surface area contributed by atoms with Crippen LogP contribution in [0.3, 0.4) is 0 Å². The summed E-state index contributed by atoms with van der Waals surface area (Å²) in [6, 6.07) is 0. The highest BCUT2D eigenvalue weighted by molar-refractivity contribution is 5.49. The van der Waals surface area contributed by atoms with Crippen LogP contribution in [0.15, 0.2) is 6.20 Å². The first-order valence-corrected chi connectivity index (χ1v) is 6.92. The van der Waals surface area contributed by atoms with Gasteiger partial charge in [0.15, 0.2) is 0 Å². The van der Waals surface area contributed by atoms with E-state index >= 15 is 0 Å². The first-order valence-electron chi connectivity index (χ1n) is 6.92. The molecule has 0 bridgehead atoms. The minimum atomic E-state index is -0.329. The number of aromatic nitrogens is 2. The standard InChI is InChI=1S/C14H23N3O2/c1-9(2)14-15-6-12(11(8-18)16-14)17-5-4-10(3)13(19)7-17/h6,9-10,13,18-19H,4-5,7-8H2,1-3H3. The zero-order valence-electron chi connectivity index (χ0n) is 11.9. The summed E-state index contributed by atoms with van der Waals surface area (Å²) in [4.78, 5) is 10.9. The van der Waals surface area contributed by atoms with Crippen molar-refractivity contribution in [3.63, 3.8) is 0 Å². The minimum absolute atomic E-state index is 0.0975. The number of aliphatic hydroxyl groups is 2. The summed E-state index contributed by atoms with van der Waals surface area (Å²) in [5.74, 6) is 1.31. The van der Waals surface area contributed by atoms with Crippen molar-refractivity contribution in [3.8, 4) is 0 Å². The molecule has 2 N–H and O–H groups in total. The molecule has 1 aliphatic heterocycles. The van der Waals surface area contributed by atoms with Crippen molar-refractivity contribution in [1.82, 2.24) is 9.97 Å². The summed E-state index contributed by atoms with van der Waals surface area (Å²) in [5.41, 5.74) is 1.50. The molecule has 2 rings (SSSR count). The second-order valence-electron chi connectivity index (χ2n) is 5.65. The van der Waals surface area contributed by atoms with Gasteiger partial charge in [0.25, 0.3) is 0 Å². The maximum Gasteiger partial charge on any atom is 0.131 e. The van der Waals surface area contributed by atoms with Crippen LogP contribution in [0.1, 0.15) is 44.6 Å². The Morgan fingerprint density at radius 3 is 2.79 bits per heavy atom. The first-order chi connectivity index (χ1) is 9.02. The quantitative estimate of drug-likeness (QED) is 0.862. The lowest BCUT2D eigenvalue weighted by atomic mass is 9.95. The molecule has 1 fully saturated rings. The van der Waals surface area contributed by atoms with E-state index in [1.54, 1.807) is 6.20 Å². The molecule has 2 unspecified atom stereocenters. The van der Waals surface area contributed by atoms with Crippen LogP contribution in [-0.4, -0.2) is 39.4 Å². The Hall–Kier alpha value is -1.20. The van der Waals surface area contributed by atoms with Gasteiger partial charge in [-0.25, -0.2) is 9.97 Å². The lowest BCUT2D eigenvalue weighted by Crippen LogP contribution is -2.43. The van der Waals surface area contributed by atoms with Gasteiger partial charge in [0, 0.05) is 19.0 Å².